The van der Waals surface area contributed by atoms with E-state index < -0.39 is 6.04 Å². The van der Waals surface area contributed by atoms with Gasteiger partial charge in [-0.1, -0.05) is 22.8 Å². The molecule has 1 rings (SSSR count). The monoisotopic (exact) mass is 227 g/mol. The van der Waals surface area contributed by atoms with Crippen molar-refractivity contribution in [3.63, 3.8) is 0 Å². The van der Waals surface area contributed by atoms with E-state index in [4.69, 9.17) is 27.0 Å². The van der Waals surface area contributed by atoms with Gasteiger partial charge in [0.2, 0.25) is 0 Å². The van der Waals surface area contributed by atoms with Crippen molar-refractivity contribution in [2.45, 2.75) is 6.04 Å². The fraction of sp³-hybridized carbons (Fsp3) is 0.333. The van der Waals surface area contributed by atoms with Crippen molar-refractivity contribution < 1.29 is 9.84 Å². The molecule has 0 fully saturated rings. The number of ether oxygens (including phenoxy) is 1. The van der Waals surface area contributed by atoms with Gasteiger partial charge in [0.25, 0.3) is 0 Å². The normalized spacial score (nSPS) is 11.7. The average molecular weight is 228 g/mol. The van der Waals surface area contributed by atoms with Gasteiger partial charge in [-0.15, -0.1) is 0 Å². The number of halogens is 1. The second kappa shape index (κ2) is 5.46. The van der Waals surface area contributed by atoms with E-state index in [-0.39, 0.29) is 6.61 Å². The summed E-state index contributed by atoms with van der Waals surface area (Å²) < 4.78 is 5.08. The van der Waals surface area contributed by atoms with Gasteiger partial charge in [0, 0.05) is 15.5 Å². The number of hydrogen-bond donors (Lipinski definition) is 1. The zero-order valence-corrected chi connectivity index (χ0v) is 8.85. The van der Waals surface area contributed by atoms with E-state index >= 15 is 0 Å². The van der Waals surface area contributed by atoms with Gasteiger partial charge < -0.3 is 9.84 Å². The first-order valence-corrected chi connectivity index (χ1v) is 4.59. The summed E-state index contributed by atoms with van der Waals surface area (Å²) >= 11 is 5.77. The Bertz CT molecular complexity index is 391. The molecule has 80 valence electrons. The lowest BCUT2D eigenvalue weighted by atomic mass is 10.1. The molecule has 1 unspecified atom stereocenters. The van der Waals surface area contributed by atoms with Crippen LogP contribution in [0.5, 0.6) is 5.75 Å². The Morgan fingerprint density at radius 3 is 2.93 bits per heavy atom. The van der Waals surface area contributed by atoms with Crippen LogP contribution >= 0.6 is 11.6 Å². The third-order valence-corrected chi connectivity index (χ3v) is 2.15. The van der Waals surface area contributed by atoms with Crippen LogP contribution in [0.3, 0.4) is 0 Å². The summed E-state index contributed by atoms with van der Waals surface area (Å²) in [6, 6.07) is 4.26. The second-order valence-electron chi connectivity index (χ2n) is 2.79. The Morgan fingerprint density at radius 1 is 1.67 bits per heavy atom. The Hall–Kier alpha value is -1.42. The van der Waals surface area contributed by atoms with Crippen molar-refractivity contribution in [2.24, 2.45) is 5.11 Å². The third-order valence-electron chi connectivity index (χ3n) is 1.92. The van der Waals surface area contributed by atoms with E-state index in [0.29, 0.717) is 16.3 Å². The van der Waals surface area contributed by atoms with Gasteiger partial charge >= 0.3 is 0 Å². The highest BCUT2D eigenvalue weighted by molar-refractivity contribution is 6.30. The summed E-state index contributed by atoms with van der Waals surface area (Å²) in [6.45, 7) is -0.276. The van der Waals surface area contributed by atoms with Gasteiger partial charge in [-0.05, 0) is 17.7 Å². The molecule has 0 bridgehead atoms. The molecule has 1 aromatic carbocycles. The Kier molecular flexibility index (Phi) is 4.24. The number of aliphatic hydroxyl groups is 1. The Balaban J connectivity index is 3.16. The van der Waals surface area contributed by atoms with Crippen LogP contribution in [0.15, 0.2) is 23.3 Å². The van der Waals surface area contributed by atoms with E-state index in [1.54, 1.807) is 18.2 Å². The summed E-state index contributed by atoms with van der Waals surface area (Å²) in [6.07, 6.45) is 0. The van der Waals surface area contributed by atoms with E-state index in [1.807, 2.05) is 0 Å². The SMILES string of the molecule is COc1cc(Cl)ccc1C(CO)N=[N+]=[N-]. The fourth-order valence-electron chi connectivity index (χ4n) is 1.22. The summed E-state index contributed by atoms with van der Waals surface area (Å²) in [5.74, 6) is 0.494. The minimum Gasteiger partial charge on any atom is -0.496 e. The lowest BCUT2D eigenvalue weighted by molar-refractivity contribution is 0.264. The van der Waals surface area contributed by atoms with Crippen LogP contribution in [0.4, 0.5) is 0 Å². The molecule has 0 aliphatic rings. The first kappa shape index (κ1) is 11.7. The molecule has 0 aromatic heterocycles. The molecular weight excluding hydrogens is 218 g/mol. The molecule has 0 saturated heterocycles. The summed E-state index contributed by atoms with van der Waals surface area (Å²) in [4.78, 5) is 2.66. The van der Waals surface area contributed by atoms with Crippen LogP contribution in [0, 0.1) is 0 Å². The minimum atomic E-state index is -0.651. The first-order valence-electron chi connectivity index (χ1n) is 4.21. The van der Waals surface area contributed by atoms with Gasteiger partial charge in [0.15, 0.2) is 0 Å². The molecule has 1 atom stereocenters. The van der Waals surface area contributed by atoms with Crippen molar-refractivity contribution in [3.8, 4) is 5.75 Å². The molecule has 1 aromatic rings. The predicted octanol–water partition coefficient (Wildman–Crippen LogP) is 2.69. The molecule has 0 spiro atoms. The second-order valence-corrected chi connectivity index (χ2v) is 3.23. The molecule has 0 amide bonds. The maximum Gasteiger partial charge on any atom is 0.124 e. The highest BCUT2D eigenvalue weighted by atomic mass is 35.5. The lowest BCUT2D eigenvalue weighted by Crippen LogP contribution is -2.02. The number of rotatable bonds is 4. The zero-order valence-electron chi connectivity index (χ0n) is 8.09. The van der Waals surface area contributed by atoms with Gasteiger partial charge in [-0.2, -0.15) is 0 Å². The van der Waals surface area contributed by atoms with E-state index in [0.717, 1.165) is 0 Å². The van der Waals surface area contributed by atoms with Crippen LogP contribution in [-0.4, -0.2) is 18.8 Å². The van der Waals surface area contributed by atoms with Crippen molar-refractivity contribution in [2.75, 3.05) is 13.7 Å². The standard InChI is InChI=1S/C9H10ClN3O2/c1-15-9-4-6(10)2-3-7(9)8(5-14)12-13-11/h2-4,8,14H,5H2,1H3. The number of aliphatic hydroxyl groups excluding tert-OH is 1. The predicted molar refractivity (Wildman–Crippen MR) is 57.0 cm³/mol. The summed E-state index contributed by atoms with van der Waals surface area (Å²) in [5.41, 5.74) is 8.94. The lowest BCUT2D eigenvalue weighted by Gasteiger charge is -2.12. The number of benzene rings is 1. The molecule has 0 heterocycles. The molecule has 0 aliphatic carbocycles. The Morgan fingerprint density at radius 2 is 2.40 bits per heavy atom. The molecular formula is C9H10ClN3O2. The zero-order chi connectivity index (χ0) is 11.3. The van der Waals surface area contributed by atoms with Gasteiger partial charge in [-0.3, -0.25) is 0 Å². The molecule has 6 heteroatoms. The van der Waals surface area contributed by atoms with E-state index in [1.165, 1.54) is 7.11 Å². The molecule has 5 nitrogen and oxygen atoms in total. The number of hydrogen-bond acceptors (Lipinski definition) is 3. The molecule has 1 N–H and O–H groups in total. The van der Waals surface area contributed by atoms with Crippen molar-refractivity contribution in [3.05, 3.63) is 39.2 Å². The third kappa shape index (κ3) is 2.76. The first-order chi connectivity index (χ1) is 7.22. The largest absolute Gasteiger partial charge is 0.496 e. The van der Waals surface area contributed by atoms with Crippen LogP contribution in [0.25, 0.3) is 10.4 Å². The molecule has 15 heavy (non-hydrogen) atoms. The molecule has 0 saturated carbocycles. The molecule has 0 radical (unpaired) electrons. The maximum atomic E-state index is 9.05. The van der Waals surface area contributed by atoms with Crippen LogP contribution in [0.1, 0.15) is 11.6 Å². The number of nitrogens with zero attached hydrogens (tertiary/aromatic N) is 3. The van der Waals surface area contributed by atoms with Gasteiger partial charge in [0.1, 0.15) is 5.75 Å². The number of methoxy groups -OCH3 is 1. The van der Waals surface area contributed by atoms with Gasteiger partial charge in [0.05, 0.1) is 19.8 Å². The van der Waals surface area contributed by atoms with Crippen molar-refractivity contribution >= 4 is 11.6 Å². The highest BCUT2D eigenvalue weighted by Gasteiger charge is 2.13. The Labute approximate surface area is 91.9 Å². The van der Waals surface area contributed by atoms with E-state index in [2.05, 4.69) is 10.0 Å². The smallest absolute Gasteiger partial charge is 0.124 e. The quantitative estimate of drug-likeness (QED) is 0.488. The topological polar surface area (TPSA) is 78.2 Å². The summed E-state index contributed by atoms with van der Waals surface area (Å²) in [5, 5.41) is 13.0. The molecule has 0 aliphatic heterocycles. The minimum absolute atomic E-state index is 0.276. The van der Waals surface area contributed by atoms with Crippen molar-refractivity contribution in [1.82, 2.24) is 0 Å². The highest BCUT2D eigenvalue weighted by Crippen LogP contribution is 2.30. The maximum absolute atomic E-state index is 9.05. The fourth-order valence-corrected chi connectivity index (χ4v) is 1.38. The van der Waals surface area contributed by atoms with Crippen molar-refractivity contribution in [1.29, 1.82) is 0 Å². The van der Waals surface area contributed by atoms with Crippen LogP contribution in [-0.2, 0) is 0 Å². The number of azide groups is 1. The van der Waals surface area contributed by atoms with Crippen LogP contribution in [0.2, 0.25) is 5.02 Å². The summed E-state index contributed by atoms with van der Waals surface area (Å²) in [7, 11) is 1.49. The average Bonchev–Trinajstić information content (AvgIpc) is 2.26. The van der Waals surface area contributed by atoms with E-state index in [9.17, 15) is 0 Å². The van der Waals surface area contributed by atoms with Gasteiger partial charge in [-0.25, -0.2) is 0 Å². The van der Waals surface area contributed by atoms with Crippen LogP contribution < -0.4 is 4.74 Å².